The molecule has 0 atom stereocenters. The van der Waals surface area contributed by atoms with Gasteiger partial charge in [0, 0.05) is 16.8 Å². The molecule has 0 bridgehead atoms. The predicted octanol–water partition coefficient (Wildman–Crippen LogP) is 4.62. The van der Waals surface area contributed by atoms with E-state index in [2.05, 4.69) is 15.4 Å². The lowest BCUT2D eigenvalue weighted by Gasteiger charge is -2.05. The maximum atomic E-state index is 11.7. The van der Waals surface area contributed by atoms with Gasteiger partial charge in [0.05, 0.1) is 12.3 Å². The quantitative estimate of drug-likeness (QED) is 0.568. The standard InChI is InChI=1S/C18H16N4O3S/c1-3-24-18(23)20-16-8-11(2)21-22(16)17-19-13(10-26-17)15-9-12-6-4-5-7-14(12)25-15/h4-10H,3H2,1-2H3,(H,20,23). The lowest BCUT2D eigenvalue weighted by atomic mass is 10.2. The van der Waals surface area contributed by atoms with Crippen molar-refractivity contribution in [3.8, 4) is 16.6 Å². The first-order chi connectivity index (χ1) is 12.6. The molecule has 0 fully saturated rings. The average molecular weight is 368 g/mol. The molecule has 132 valence electrons. The number of rotatable bonds is 4. The zero-order chi connectivity index (χ0) is 18.1. The maximum Gasteiger partial charge on any atom is 0.412 e. The lowest BCUT2D eigenvalue weighted by molar-refractivity contribution is 0.167. The Morgan fingerprint density at radius 1 is 1.35 bits per heavy atom. The van der Waals surface area contributed by atoms with Crippen molar-refractivity contribution >= 4 is 34.2 Å². The third kappa shape index (κ3) is 3.06. The Labute approximate surface area is 153 Å². The molecular weight excluding hydrogens is 352 g/mol. The molecule has 1 amide bonds. The van der Waals surface area contributed by atoms with Crippen molar-refractivity contribution in [3.63, 3.8) is 0 Å². The number of ether oxygens (including phenoxy) is 1. The van der Waals surface area contributed by atoms with Crippen molar-refractivity contribution in [1.82, 2.24) is 14.8 Å². The van der Waals surface area contributed by atoms with Crippen molar-refractivity contribution in [1.29, 1.82) is 0 Å². The fourth-order valence-electron chi connectivity index (χ4n) is 2.59. The summed E-state index contributed by atoms with van der Waals surface area (Å²) in [6, 6.07) is 11.5. The Kier molecular flexibility index (Phi) is 4.18. The molecule has 4 rings (SSSR count). The van der Waals surface area contributed by atoms with Crippen molar-refractivity contribution in [2.24, 2.45) is 0 Å². The Hall–Kier alpha value is -3.13. The van der Waals surface area contributed by atoms with Gasteiger partial charge in [0.15, 0.2) is 5.76 Å². The highest BCUT2D eigenvalue weighted by atomic mass is 32.1. The zero-order valence-corrected chi connectivity index (χ0v) is 15.0. The number of aromatic nitrogens is 3. The van der Waals surface area contributed by atoms with Crippen LogP contribution in [-0.2, 0) is 4.74 Å². The number of carbonyl (C=O) groups is 1. The van der Waals surface area contributed by atoms with E-state index in [4.69, 9.17) is 9.15 Å². The minimum absolute atomic E-state index is 0.298. The summed E-state index contributed by atoms with van der Waals surface area (Å²) in [6.45, 7) is 3.90. The van der Waals surface area contributed by atoms with E-state index < -0.39 is 6.09 Å². The van der Waals surface area contributed by atoms with Crippen LogP contribution in [0, 0.1) is 6.92 Å². The fourth-order valence-corrected chi connectivity index (χ4v) is 3.36. The Morgan fingerprint density at radius 3 is 3.00 bits per heavy atom. The van der Waals surface area contributed by atoms with E-state index in [1.807, 2.05) is 42.6 Å². The Morgan fingerprint density at radius 2 is 2.19 bits per heavy atom. The number of hydrogen-bond donors (Lipinski definition) is 1. The van der Waals surface area contributed by atoms with Crippen LogP contribution in [0.3, 0.4) is 0 Å². The summed E-state index contributed by atoms with van der Waals surface area (Å²) in [6.07, 6.45) is -0.525. The van der Waals surface area contributed by atoms with Gasteiger partial charge in [-0.25, -0.2) is 9.78 Å². The van der Waals surface area contributed by atoms with Gasteiger partial charge in [-0.3, -0.25) is 5.32 Å². The van der Waals surface area contributed by atoms with Gasteiger partial charge in [-0.15, -0.1) is 11.3 Å². The highest BCUT2D eigenvalue weighted by Crippen LogP contribution is 2.30. The molecule has 0 saturated carbocycles. The van der Waals surface area contributed by atoms with Gasteiger partial charge in [0.1, 0.15) is 17.1 Å². The molecule has 8 heteroatoms. The zero-order valence-electron chi connectivity index (χ0n) is 14.2. The third-order valence-corrected chi connectivity index (χ3v) is 4.50. The maximum absolute atomic E-state index is 11.7. The minimum Gasteiger partial charge on any atom is -0.454 e. The van der Waals surface area contributed by atoms with Crippen LogP contribution < -0.4 is 5.32 Å². The second-order valence-corrected chi connectivity index (χ2v) is 6.43. The number of nitrogens with zero attached hydrogens (tertiary/aromatic N) is 3. The second kappa shape index (κ2) is 6.64. The summed E-state index contributed by atoms with van der Waals surface area (Å²) in [4.78, 5) is 16.3. The first-order valence-electron chi connectivity index (χ1n) is 8.09. The summed E-state index contributed by atoms with van der Waals surface area (Å²) in [5, 5.41) is 10.6. The number of benzene rings is 1. The molecule has 1 N–H and O–H groups in total. The van der Waals surface area contributed by atoms with Crippen LogP contribution in [0.5, 0.6) is 0 Å². The van der Waals surface area contributed by atoms with E-state index in [0.29, 0.717) is 23.3 Å². The highest BCUT2D eigenvalue weighted by molar-refractivity contribution is 7.12. The molecule has 4 aromatic rings. The third-order valence-electron chi connectivity index (χ3n) is 3.69. The van der Waals surface area contributed by atoms with Crippen molar-refractivity contribution in [3.05, 3.63) is 47.5 Å². The molecule has 0 aliphatic heterocycles. The van der Waals surface area contributed by atoms with Crippen LogP contribution in [0.25, 0.3) is 27.6 Å². The van der Waals surface area contributed by atoms with Crippen molar-refractivity contribution in [2.75, 3.05) is 11.9 Å². The van der Waals surface area contributed by atoms with Crippen LogP contribution in [-0.4, -0.2) is 27.5 Å². The molecule has 7 nitrogen and oxygen atoms in total. The largest absolute Gasteiger partial charge is 0.454 e. The van der Waals surface area contributed by atoms with Crippen LogP contribution in [0.4, 0.5) is 10.6 Å². The van der Waals surface area contributed by atoms with Gasteiger partial charge in [0.2, 0.25) is 5.13 Å². The molecule has 26 heavy (non-hydrogen) atoms. The first kappa shape index (κ1) is 16.3. The number of fused-ring (bicyclic) bond motifs is 1. The monoisotopic (exact) mass is 368 g/mol. The first-order valence-corrected chi connectivity index (χ1v) is 8.97. The van der Waals surface area contributed by atoms with E-state index >= 15 is 0 Å². The smallest absolute Gasteiger partial charge is 0.412 e. The molecular formula is C18H16N4O3S. The minimum atomic E-state index is -0.525. The number of hydrogen-bond acceptors (Lipinski definition) is 6. The summed E-state index contributed by atoms with van der Waals surface area (Å²) in [5.74, 6) is 1.20. The van der Waals surface area contributed by atoms with E-state index in [0.717, 1.165) is 22.4 Å². The van der Waals surface area contributed by atoms with Gasteiger partial charge in [-0.1, -0.05) is 18.2 Å². The fraction of sp³-hybridized carbons (Fsp3) is 0.167. The van der Waals surface area contributed by atoms with Gasteiger partial charge >= 0.3 is 6.09 Å². The van der Waals surface area contributed by atoms with E-state index in [9.17, 15) is 4.79 Å². The molecule has 0 saturated heterocycles. The van der Waals surface area contributed by atoms with Crippen LogP contribution >= 0.6 is 11.3 Å². The molecule has 0 aliphatic rings. The predicted molar refractivity (Wildman–Crippen MR) is 99.8 cm³/mol. The number of carbonyl (C=O) groups excluding carboxylic acids is 1. The van der Waals surface area contributed by atoms with Gasteiger partial charge in [-0.2, -0.15) is 9.78 Å². The number of furan rings is 1. The van der Waals surface area contributed by atoms with Crippen molar-refractivity contribution in [2.45, 2.75) is 13.8 Å². The molecule has 0 aliphatic carbocycles. The Bertz CT molecular complexity index is 1050. The summed E-state index contributed by atoms with van der Waals surface area (Å²) in [7, 11) is 0. The molecule has 3 aromatic heterocycles. The topological polar surface area (TPSA) is 82.2 Å². The summed E-state index contributed by atoms with van der Waals surface area (Å²) in [5.41, 5.74) is 2.30. The SMILES string of the molecule is CCOC(=O)Nc1cc(C)nn1-c1nc(-c2cc3ccccc3o2)cs1. The van der Waals surface area contributed by atoms with Gasteiger partial charge in [-0.05, 0) is 26.0 Å². The molecule has 0 radical (unpaired) electrons. The molecule has 0 spiro atoms. The van der Waals surface area contributed by atoms with Gasteiger partial charge in [0.25, 0.3) is 0 Å². The number of thiazole rings is 1. The molecule has 1 aromatic carbocycles. The van der Waals surface area contributed by atoms with Crippen LogP contribution in [0.2, 0.25) is 0 Å². The van der Waals surface area contributed by atoms with E-state index in [1.165, 1.54) is 11.3 Å². The van der Waals surface area contributed by atoms with E-state index in [-0.39, 0.29) is 0 Å². The van der Waals surface area contributed by atoms with Crippen LogP contribution in [0.1, 0.15) is 12.6 Å². The summed E-state index contributed by atoms with van der Waals surface area (Å²) >= 11 is 1.41. The average Bonchev–Trinajstić information content (AvgIpc) is 3.32. The van der Waals surface area contributed by atoms with E-state index in [1.54, 1.807) is 17.7 Å². The number of anilines is 1. The van der Waals surface area contributed by atoms with Gasteiger partial charge < -0.3 is 9.15 Å². The Balaban J connectivity index is 1.67. The number of amides is 1. The van der Waals surface area contributed by atoms with Crippen molar-refractivity contribution < 1.29 is 13.9 Å². The second-order valence-electron chi connectivity index (χ2n) is 5.59. The normalized spacial score (nSPS) is 11.0. The summed E-state index contributed by atoms with van der Waals surface area (Å²) < 4.78 is 12.4. The number of para-hydroxylation sites is 1. The lowest BCUT2D eigenvalue weighted by Crippen LogP contribution is -2.16. The number of aryl methyl sites for hydroxylation is 1. The highest BCUT2D eigenvalue weighted by Gasteiger charge is 2.16. The molecule has 0 unspecified atom stereocenters. The van der Waals surface area contributed by atoms with Crippen LogP contribution in [0.15, 0.2) is 46.2 Å². The molecule has 3 heterocycles. The number of nitrogens with one attached hydrogen (secondary N) is 1.